The fourth-order valence-corrected chi connectivity index (χ4v) is 3.12. The van der Waals surface area contributed by atoms with Crippen LogP contribution in [0.2, 0.25) is 5.02 Å². The predicted octanol–water partition coefficient (Wildman–Crippen LogP) is 4.31. The Hall–Kier alpha value is -1.13. The number of nitrogens with one attached hydrogen (secondary N) is 1. The lowest BCUT2D eigenvalue weighted by Crippen LogP contribution is -2.36. The molecule has 0 amide bonds. The Morgan fingerprint density at radius 2 is 2.25 bits per heavy atom. The van der Waals surface area contributed by atoms with E-state index in [1.807, 2.05) is 0 Å². The first kappa shape index (κ1) is 15.3. The van der Waals surface area contributed by atoms with Crippen LogP contribution in [0.25, 0.3) is 0 Å². The Bertz CT molecular complexity index is 503. The molecule has 20 heavy (non-hydrogen) atoms. The van der Waals surface area contributed by atoms with E-state index >= 15 is 0 Å². The zero-order valence-corrected chi connectivity index (χ0v) is 12.7. The van der Waals surface area contributed by atoms with E-state index in [0.717, 1.165) is 18.4 Å². The van der Waals surface area contributed by atoms with Crippen molar-refractivity contribution < 1.29 is 4.92 Å². The molecule has 1 fully saturated rings. The third-order valence-corrected chi connectivity index (χ3v) is 4.40. The molecule has 110 valence electrons. The normalized spacial score (nSPS) is 21.6. The van der Waals surface area contributed by atoms with E-state index in [9.17, 15) is 10.1 Å². The van der Waals surface area contributed by atoms with Crippen molar-refractivity contribution in [2.45, 2.75) is 52.1 Å². The van der Waals surface area contributed by atoms with E-state index in [0.29, 0.717) is 23.0 Å². The van der Waals surface area contributed by atoms with Crippen LogP contribution >= 0.6 is 11.6 Å². The highest BCUT2D eigenvalue weighted by atomic mass is 35.5. The number of nitro benzene ring substituents is 1. The van der Waals surface area contributed by atoms with E-state index < -0.39 is 0 Å². The summed E-state index contributed by atoms with van der Waals surface area (Å²) in [5.74, 6) is 0. The molecule has 0 spiro atoms. The second kappa shape index (κ2) is 6.10. The van der Waals surface area contributed by atoms with Gasteiger partial charge < -0.3 is 5.32 Å². The summed E-state index contributed by atoms with van der Waals surface area (Å²) in [5, 5.41) is 14.9. The molecule has 2 rings (SSSR count). The third-order valence-electron chi connectivity index (χ3n) is 4.03. The number of nitro groups is 1. The van der Waals surface area contributed by atoms with E-state index in [4.69, 9.17) is 11.6 Å². The molecule has 5 heteroatoms. The van der Waals surface area contributed by atoms with Crippen LogP contribution in [0.5, 0.6) is 0 Å². The van der Waals surface area contributed by atoms with Gasteiger partial charge in [0, 0.05) is 29.7 Å². The number of benzene rings is 1. The van der Waals surface area contributed by atoms with Crippen LogP contribution in [0.15, 0.2) is 18.2 Å². The van der Waals surface area contributed by atoms with Gasteiger partial charge in [0.15, 0.2) is 0 Å². The number of hydrogen-bond acceptors (Lipinski definition) is 3. The molecule has 0 aromatic heterocycles. The minimum atomic E-state index is -0.385. The second-order valence-corrected chi connectivity index (χ2v) is 6.78. The van der Waals surface area contributed by atoms with Gasteiger partial charge in [0.2, 0.25) is 0 Å². The molecule has 1 atom stereocenters. The van der Waals surface area contributed by atoms with Crippen LogP contribution in [0, 0.1) is 15.5 Å². The Labute approximate surface area is 124 Å². The molecule has 0 aliphatic heterocycles. The van der Waals surface area contributed by atoms with E-state index in [1.165, 1.54) is 18.9 Å². The number of hydrogen-bond donors (Lipinski definition) is 1. The van der Waals surface area contributed by atoms with Crippen LogP contribution < -0.4 is 5.32 Å². The quantitative estimate of drug-likeness (QED) is 0.665. The standard InChI is InChI=1S/C15H21ClN2O2/c1-15(2)7-3-4-12(9-15)17-10-11-8-13(18(19)20)5-6-14(11)16/h5-6,8,12,17H,3-4,7,9-10H2,1-2H3. The maximum atomic E-state index is 10.8. The van der Waals surface area contributed by atoms with Gasteiger partial charge in [0.25, 0.3) is 5.69 Å². The lowest BCUT2D eigenvalue weighted by atomic mass is 9.75. The maximum Gasteiger partial charge on any atom is 0.269 e. The zero-order valence-electron chi connectivity index (χ0n) is 12.0. The summed E-state index contributed by atoms with van der Waals surface area (Å²) in [4.78, 5) is 10.4. The van der Waals surface area contributed by atoms with Crippen molar-refractivity contribution in [2.75, 3.05) is 0 Å². The first-order valence-electron chi connectivity index (χ1n) is 7.04. The first-order chi connectivity index (χ1) is 9.37. The zero-order chi connectivity index (χ0) is 14.8. The highest BCUT2D eigenvalue weighted by Gasteiger charge is 2.27. The minimum absolute atomic E-state index is 0.0928. The highest BCUT2D eigenvalue weighted by Crippen LogP contribution is 2.35. The number of non-ortho nitro benzene ring substituents is 1. The molecule has 1 N–H and O–H groups in total. The minimum Gasteiger partial charge on any atom is -0.310 e. The molecule has 1 aliphatic carbocycles. The first-order valence-corrected chi connectivity index (χ1v) is 7.41. The van der Waals surface area contributed by atoms with Crippen LogP contribution in [-0.4, -0.2) is 11.0 Å². The van der Waals surface area contributed by atoms with Gasteiger partial charge in [-0.1, -0.05) is 31.9 Å². The Kier molecular flexibility index (Phi) is 4.66. The summed E-state index contributed by atoms with van der Waals surface area (Å²) in [5.41, 5.74) is 1.27. The van der Waals surface area contributed by atoms with Gasteiger partial charge >= 0.3 is 0 Å². The Morgan fingerprint density at radius 1 is 1.50 bits per heavy atom. The van der Waals surface area contributed by atoms with Gasteiger partial charge in [-0.05, 0) is 36.3 Å². The average Bonchev–Trinajstić information content (AvgIpc) is 2.36. The van der Waals surface area contributed by atoms with Gasteiger partial charge in [-0.3, -0.25) is 10.1 Å². The number of rotatable bonds is 4. The van der Waals surface area contributed by atoms with Crippen molar-refractivity contribution in [3.05, 3.63) is 38.9 Å². The largest absolute Gasteiger partial charge is 0.310 e. The summed E-state index contributed by atoms with van der Waals surface area (Å²) in [6, 6.07) is 5.06. The molecule has 4 nitrogen and oxygen atoms in total. The molecule has 0 radical (unpaired) electrons. The highest BCUT2D eigenvalue weighted by molar-refractivity contribution is 6.31. The Balaban J connectivity index is 2.00. The van der Waals surface area contributed by atoms with Crippen LogP contribution in [0.3, 0.4) is 0 Å². The summed E-state index contributed by atoms with van der Waals surface area (Å²) in [6.45, 7) is 5.17. The number of nitrogens with zero attached hydrogens (tertiary/aromatic N) is 1. The molecule has 0 heterocycles. The van der Waals surface area contributed by atoms with Crippen molar-refractivity contribution in [3.63, 3.8) is 0 Å². The topological polar surface area (TPSA) is 55.2 Å². The molecule has 0 saturated heterocycles. The lowest BCUT2D eigenvalue weighted by molar-refractivity contribution is -0.384. The molecule has 0 bridgehead atoms. The van der Waals surface area contributed by atoms with Crippen molar-refractivity contribution >= 4 is 17.3 Å². The summed E-state index contributed by atoms with van der Waals surface area (Å²) in [6.07, 6.45) is 4.80. The molecular formula is C15H21ClN2O2. The maximum absolute atomic E-state index is 10.8. The second-order valence-electron chi connectivity index (χ2n) is 6.37. The van der Waals surface area contributed by atoms with Crippen molar-refractivity contribution in [1.82, 2.24) is 5.32 Å². The van der Waals surface area contributed by atoms with Gasteiger partial charge in [-0.25, -0.2) is 0 Å². The van der Waals surface area contributed by atoms with Crippen LogP contribution in [-0.2, 0) is 6.54 Å². The van der Waals surface area contributed by atoms with Crippen molar-refractivity contribution in [3.8, 4) is 0 Å². The van der Waals surface area contributed by atoms with E-state index in [-0.39, 0.29) is 10.6 Å². The van der Waals surface area contributed by atoms with Gasteiger partial charge in [0.05, 0.1) is 4.92 Å². The predicted molar refractivity (Wildman–Crippen MR) is 81.0 cm³/mol. The molecular weight excluding hydrogens is 276 g/mol. The van der Waals surface area contributed by atoms with Crippen molar-refractivity contribution in [1.29, 1.82) is 0 Å². The summed E-state index contributed by atoms with van der Waals surface area (Å²) in [7, 11) is 0. The van der Waals surface area contributed by atoms with Crippen LogP contribution in [0.1, 0.15) is 45.1 Å². The van der Waals surface area contributed by atoms with Crippen LogP contribution in [0.4, 0.5) is 5.69 Å². The van der Waals surface area contributed by atoms with Gasteiger partial charge in [-0.2, -0.15) is 0 Å². The molecule has 1 aliphatic rings. The van der Waals surface area contributed by atoms with E-state index in [2.05, 4.69) is 19.2 Å². The molecule has 1 saturated carbocycles. The average molecular weight is 297 g/mol. The van der Waals surface area contributed by atoms with Gasteiger partial charge in [0.1, 0.15) is 0 Å². The number of halogens is 1. The third kappa shape index (κ3) is 3.93. The monoisotopic (exact) mass is 296 g/mol. The summed E-state index contributed by atoms with van der Waals surface area (Å²) < 4.78 is 0. The fourth-order valence-electron chi connectivity index (χ4n) is 2.94. The molecule has 1 unspecified atom stereocenters. The lowest BCUT2D eigenvalue weighted by Gasteiger charge is -2.35. The Morgan fingerprint density at radius 3 is 2.90 bits per heavy atom. The molecule has 1 aromatic carbocycles. The summed E-state index contributed by atoms with van der Waals surface area (Å²) >= 11 is 6.11. The fraction of sp³-hybridized carbons (Fsp3) is 0.600. The van der Waals surface area contributed by atoms with E-state index in [1.54, 1.807) is 12.1 Å². The SMILES string of the molecule is CC1(C)CCCC(NCc2cc([N+](=O)[O-])ccc2Cl)C1. The smallest absolute Gasteiger partial charge is 0.269 e. The molecule has 1 aromatic rings. The van der Waals surface area contributed by atoms with Gasteiger partial charge in [-0.15, -0.1) is 0 Å². The van der Waals surface area contributed by atoms with Crippen molar-refractivity contribution in [2.24, 2.45) is 5.41 Å².